The van der Waals surface area contributed by atoms with Crippen molar-refractivity contribution in [2.75, 3.05) is 20.8 Å². The molecule has 0 radical (unpaired) electrons. The molecule has 2 aliphatic rings. The molecule has 2 N–H and O–H groups in total. The van der Waals surface area contributed by atoms with E-state index in [0.29, 0.717) is 51.4 Å². The van der Waals surface area contributed by atoms with Crippen LogP contribution in [-0.4, -0.2) is 37.7 Å². The van der Waals surface area contributed by atoms with Crippen LogP contribution < -0.4 is 19.5 Å². The molecule has 0 bridgehead atoms. The number of rotatable bonds is 9. The maximum absolute atomic E-state index is 14.1. The van der Waals surface area contributed by atoms with E-state index in [1.807, 2.05) is 62.4 Å². The smallest absolute Gasteiger partial charge is 0.337 e. The van der Waals surface area contributed by atoms with Crippen molar-refractivity contribution in [3.63, 3.8) is 0 Å². The van der Waals surface area contributed by atoms with Crippen LogP contribution in [0.5, 0.6) is 23.0 Å². The molecule has 224 valence electrons. The average molecular weight is 649 g/mol. The molecule has 9 heteroatoms. The van der Waals surface area contributed by atoms with Crippen LogP contribution in [0.2, 0.25) is 0 Å². The van der Waals surface area contributed by atoms with Crippen molar-refractivity contribution in [3.05, 3.63) is 104 Å². The van der Waals surface area contributed by atoms with Gasteiger partial charge in [0.1, 0.15) is 6.61 Å². The van der Waals surface area contributed by atoms with E-state index in [9.17, 15) is 14.7 Å². The van der Waals surface area contributed by atoms with E-state index in [2.05, 4.69) is 21.2 Å². The van der Waals surface area contributed by atoms with Gasteiger partial charge in [-0.2, -0.15) is 0 Å². The van der Waals surface area contributed by atoms with Crippen molar-refractivity contribution in [1.29, 1.82) is 0 Å². The Labute approximate surface area is 259 Å². The second kappa shape index (κ2) is 13.0. The highest BCUT2D eigenvalue weighted by molar-refractivity contribution is 9.10. The normalized spacial score (nSPS) is 18.1. The number of carbonyl (C=O) groups is 2. The Bertz CT molecular complexity index is 1610. The molecule has 0 fully saturated rings. The molecular formula is C34H34BrNO7. The molecule has 1 aliphatic carbocycles. The number of phenols is 1. The Morgan fingerprint density at radius 3 is 2.40 bits per heavy atom. The largest absolute Gasteiger partial charge is 0.503 e. The summed E-state index contributed by atoms with van der Waals surface area (Å²) in [5.74, 6) is -0.0226. The number of phenolic OH excluding ortho intramolecular Hbond substituents is 1. The third-order valence-electron chi connectivity index (χ3n) is 7.82. The monoisotopic (exact) mass is 647 g/mol. The summed E-state index contributed by atoms with van der Waals surface area (Å²) in [5, 5.41) is 14.0. The number of aromatic hydroxyl groups is 1. The number of hydrogen-bond donors (Lipinski definition) is 2. The SMILES string of the molecule is CCOc1cc([C@@H]2C(C(=O)OCc3ccccc3)=C(C)NC3=C2C(=O)C[C@H](c2ccc(OC)c(OC)c2)C3)cc(Br)c1O. The van der Waals surface area contributed by atoms with E-state index in [1.165, 1.54) is 0 Å². The van der Waals surface area contributed by atoms with Gasteiger partial charge < -0.3 is 29.4 Å². The lowest BCUT2D eigenvalue weighted by Crippen LogP contribution is -2.36. The summed E-state index contributed by atoms with van der Waals surface area (Å²) < 4.78 is 22.8. The van der Waals surface area contributed by atoms with Gasteiger partial charge in [0.05, 0.1) is 30.9 Å². The molecule has 8 nitrogen and oxygen atoms in total. The second-order valence-electron chi connectivity index (χ2n) is 10.5. The highest BCUT2D eigenvalue weighted by Gasteiger charge is 2.42. The van der Waals surface area contributed by atoms with Gasteiger partial charge in [-0.3, -0.25) is 4.79 Å². The molecule has 0 saturated carbocycles. The number of nitrogens with one attached hydrogen (secondary N) is 1. The minimum Gasteiger partial charge on any atom is -0.503 e. The van der Waals surface area contributed by atoms with Crippen LogP contribution in [-0.2, 0) is 20.9 Å². The molecular weight excluding hydrogens is 614 g/mol. The summed E-state index contributed by atoms with van der Waals surface area (Å²) >= 11 is 3.43. The molecule has 43 heavy (non-hydrogen) atoms. The molecule has 2 atom stereocenters. The summed E-state index contributed by atoms with van der Waals surface area (Å²) in [7, 11) is 3.17. The number of dihydropyridines is 1. The van der Waals surface area contributed by atoms with Gasteiger partial charge in [-0.15, -0.1) is 0 Å². The van der Waals surface area contributed by atoms with Crippen molar-refractivity contribution in [2.45, 2.75) is 45.1 Å². The fraction of sp³-hybridized carbons (Fsp3) is 0.294. The molecule has 0 saturated heterocycles. The molecule has 0 amide bonds. The lowest BCUT2D eigenvalue weighted by molar-refractivity contribution is -0.140. The quantitative estimate of drug-likeness (QED) is 0.248. The zero-order valence-electron chi connectivity index (χ0n) is 24.5. The first-order chi connectivity index (χ1) is 20.7. The molecule has 0 aromatic heterocycles. The topological polar surface area (TPSA) is 103 Å². The molecule has 0 spiro atoms. The summed E-state index contributed by atoms with van der Waals surface area (Å²) in [6.07, 6.45) is 0.795. The van der Waals surface area contributed by atoms with Crippen LogP contribution in [0, 0.1) is 0 Å². The van der Waals surface area contributed by atoms with Crippen molar-refractivity contribution in [1.82, 2.24) is 5.32 Å². The predicted octanol–water partition coefficient (Wildman–Crippen LogP) is 6.68. The van der Waals surface area contributed by atoms with Crippen LogP contribution in [0.25, 0.3) is 0 Å². The highest BCUT2D eigenvalue weighted by Crippen LogP contribution is 2.49. The molecule has 1 aliphatic heterocycles. The fourth-order valence-corrected chi connectivity index (χ4v) is 6.27. The van der Waals surface area contributed by atoms with E-state index in [0.717, 1.165) is 16.8 Å². The van der Waals surface area contributed by atoms with Gasteiger partial charge in [-0.05, 0) is 83.1 Å². The number of Topliss-reactive ketones (excluding diaryl/α,β-unsaturated/α-hetero) is 1. The molecule has 3 aromatic carbocycles. The standard InChI is InChI=1S/C34H34BrNO7/c1-5-42-29-17-23(13-24(35)33(29)38)31-30(34(39)43-18-20-9-7-6-8-10-20)19(2)36-25-14-22(15-26(37)32(25)31)21-11-12-27(40-3)28(16-21)41-4/h6-13,16-17,22,31,36,38H,5,14-15,18H2,1-4H3/t22-,31-/m1/s1. The Morgan fingerprint density at radius 1 is 0.977 bits per heavy atom. The number of halogens is 1. The zero-order chi connectivity index (χ0) is 30.7. The second-order valence-corrected chi connectivity index (χ2v) is 11.3. The van der Waals surface area contributed by atoms with E-state index in [1.54, 1.807) is 26.4 Å². The van der Waals surface area contributed by atoms with Crippen LogP contribution in [0.3, 0.4) is 0 Å². The van der Waals surface area contributed by atoms with Crippen molar-refractivity contribution in [2.24, 2.45) is 0 Å². The van der Waals surface area contributed by atoms with E-state index in [-0.39, 0.29) is 36.2 Å². The van der Waals surface area contributed by atoms with Gasteiger partial charge in [-0.1, -0.05) is 36.4 Å². The number of ether oxygens (including phenoxy) is 4. The Kier molecular flexibility index (Phi) is 9.11. The van der Waals surface area contributed by atoms with Crippen LogP contribution in [0.15, 0.2) is 87.7 Å². The fourth-order valence-electron chi connectivity index (χ4n) is 5.81. The molecule has 5 rings (SSSR count). The number of benzene rings is 3. The number of esters is 1. The summed E-state index contributed by atoms with van der Waals surface area (Å²) in [6, 6.07) is 18.5. The third kappa shape index (κ3) is 6.13. The maximum Gasteiger partial charge on any atom is 0.337 e. The summed E-state index contributed by atoms with van der Waals surface area (Å²) in [5.41, 5.74) is 4.64. The van der Waals surface area contributed by atoms with Crippen molar-refractivity contribution >= 4 is 27.7 Å². The van der Waals surface area contributed by atoms with E-state index in [4.69, 9.17) is 18.9 Å². The van der Waals surface area contributed by atoms with Gasteiger partial charge in [0.25, 0.3) is 0 Å². The molecule has 3 aromatic rings. The summed E-state index contributed by atoms with van der Waals surface area (Å²) in [4.78, 5) is 27.8. The van der Waals surface area contributed by atoms with Crippen molar-refractivity contribution < 1.29 is 33.6 Å². The molecule has 1 heterocycles. The van der Waals surface area contributed by atoms with Gasteiger partial charge in [0.15, 0.2) is 28.8 Å². The number of methoxy groups -OCH3 is 2. The number of allylic oxidation sites excluding steroid dienone is 3. The average Bonchev–Trinajstić information content (AvgIpc) is 3.01. The number of hydrogen-bond acceptors (Lipinski definition) is 8. The van der Waals surface area contributed by atoms with Gasteiger partial charge in [0.2, 0.25) is 0 Å². The van der Waals surface area contributed by atoms with Crippen LogP contribution in [0.1, 0.15) is 55.2 Å². The molecule has 0 unspecified atom stereocenters. The van der Waals surface area contributed by atoms with E-state index < -0.39 is 11.9 Å². The summed E-state index contributed by atoms with van der Waals surface area (Å²) in [6.45, 7) is 4.06. The van der Waals surface area contributed by atoms with Gasteiger partial charge in [-0.25, -0.2) is 4.79 Å². The predicted molar refractivity (Wildman–Crippen MR) is 165 cm³/mol. The maximum atomic E-state index is 14.1. The van der Waals surface area contributed by atoms with Gasteiger partial charge >= 0.3 is 5.97 Å². The minimum atomic E-state index is -0.727. The minimum absolute atomic E-state index is 0.0499. The van der Waals surface area contributed by atoms with Gasteiger partial charge in [0, 0.05) is 29.3 Å². The first kappa shape index (κ1) is 30.2. The number of carbonyl (C=O) groups excluding carboxylic acids is 2. The van der Waals surface area contributed by atoms with Crippen LogP contribution >= 0.6 is 15.9 Å². The lowest BCUT2D eigenvalue weighted by Gasteiger charge is -2.37. The first-order valence-electron chi connectivity index (χ1n) is 14.1. The lowest BCUT2D eigenvalue weighted by atomic mass is 9.71. The first-order valence-corrected chi connectivity index (χ1v) is 14.9. The Hall–Kier alpha value is -4.24. The van der Waals surface area contributed by atoms with Crippen LogP contribution in [0.4, 0.5) is 0 Å². The van der Waals surface area contributed by atoms with Crippen molar-refractivity contribution in [3.8, 4) is 23.0 Å². The highest BCUT2D eigenvalue weighted by atomic mass is 79.9. The zero-order valence-corrected chi connectivity index (χ0v) is 26.1. The number of ketones is 1. The third-order valence-corrected chi connectivity index (χ3v) is 8.43. The Morgan fingerprint density at radius 2 is 1.70 bits per heavy atom. The van der Waals surface area contributed by atoms with E-state index >= 15 is 0 Å². The Balaban J connectivity index is 1.57.